The molecular weight excluding hydrogens is 156 g/mol. The van der Waals surface area contributed by atoms with Crippen molar-refractivity contribution >= 4 is 5.96 Å². The summed E-state index contributed by atoms with van der Waals surface area (Å²) >= 11 is 0. The summed E-state index contributed by atoms with van der Waals surface area (Å²) in [4.78, 5) is 3.80. The Morgan fingerprint density at radius 3 is 2.58 bits per heavy atom. The molecule has 1 unspecified atom stereocenters. The molecule has 0 spiro atoms. The van der Waals surface area contributed by atoms with Crippen LogP contribution in [0.2, 0.25) is 0 Å². The number of aliphatic hydroxyl groups excluding tert-OH is 1. The fourth-order valence-corrected chi connectivity index (χ4v) is 0.868. The molecule has 0 radical (unpaired) electrons. The van der Waals surface area contributed by atoms with Crippen molar-refractivity contribution in [2.75, 3.05) is 6.54 Å². The quantitative estimate of drug-likeness (QED) is 0.193. The third-order valence-corrected chi connectivity index (χ3v) is 1.36. The normalized spacial score (nSPS) is 14.9. The number of nitrogens with zero attached hydrogens (tertiary/aromatic N) is 1. The van der Waals surface area contributed by atoms with Crippen LogP contribution < -0.4 is 17.0 Å². The predicted molar refractivity (Wildman–Crippen MR) is 49.3 cm³/mol. The van der Waals surface area contributed by atoms with E-state index in [1.54, 1.807) is 0 Å². The van der Waals surface area contributed by atoms with Crippen molar-refractivity contribution in [3.8, 4) is 0 Å². The van der Waals surface area contributed by atoms with Crippen LogP contribution in [0, 0.1) is 5.92 Å². The molecule has 0 bridgehead atoms. The van der Waals surface area contributed by atoms with Crippen molar-refractivity contribution in [2.45, 2.75) is 26.4 Å². The van der Waals surface area contributed by atoms with Crippen molar-refractivity contribution in [1.29, 1.82) is 0 Å². The van der Waals surface area contributed by atoms with E-state index in [0.29, 0.717) is 12.5 Å². The number of nitrogens with two attached hydrogens (primary N) is 2. The van der Waals surface area contributed by atoms with Crippen LogP contribution in [-0.4, -0.2) is 23.7 Å². The lowest BCUT2D eigenvalue weighted by Crippen LogP contribution is -2.37. The van der Waals surface area contributed by atoms with Crippen LogP contribution in [0.5, 0.6) is 0 Å². The Kier molecular flexibility index (Phi) is 5.40. The molecule has 0 heterocycles. The number of rotatable bonds is 4. The Morgan fingerprint density at radius 1 is 1.58 bits per heavy atom. The molecule has 0 aromatic heterocycles. The molecule has 5 heteroatoms. The molecule has 0 aliphatic heterocycles. The average Bonchev–Trinajstić information content (AvgIpc) is 1.99. The van der Waals surface area contributed by atoms with Crippen molar-refractivity contribution in [3.05, 3.63) is 0 Å². The molecular formula is C7H18N4O. The highest BCUT2D eigenvalue weighted by molar-refractivity contribution is 5.77. The number of nitrogens with one attached hydrogen (secondary N) is 1. The predicted octanol–water partition coefficient (Wildman–Crippen LogP) is -0.829. The minimum absolute atomic E-state index is 0.151. The van der Waals surface area contributed by atoms with Gasteiger partial charge in [-0.2, -0.15) is 0 Å². The summed E-state index contributed by atoms with van der Waals surface area (Å²) in [7, 11) is 0. The third kappa shape index (κ3) is 5.94. The van der Waals surface area contributed by atoms with E-state index >= 15 is 0 Å². The van der Waals surface area contributed by atoms with E-state index in [-0.39, 0.29) is 5.96 Å². The van der Waals surface area contributed by atoms with Gasteiger partial charge in [-0.1, -0.05) is 13.8 Å². The van der Waals surface area contributed by atoms with Gasteiger partial charge in [0.25, 0.3) is 0 Å². The highest BCUT2D eigenvalue weighted by Crippen LogP contribution is 2.03. The van der Waals surface area contributed by atoms with Crippen LogP contribution >= 0.6 is 0 Å². The van der Waals surface area contributed by atoms with Gasteiger partial charge in [0, 0.05) is 0 Å². The van der Waals surface area contributed by atoms with E-state index < -0.39 is 6.10 Å². The maximum Gasteiger partial charge on any atom is 0.203 e. The Balaban J connectivity index is 3.62. The molecule has 6 N–H and O–H groups in total. The second-order valence-electron chi connectivity index (χ2n) is 3.15. The lowest BCUT2D eigenvalue weighted by atomic mass is 10.1. The lowest BCUT2D eigenvalue weighted by molar-refractivity contribution is 0.157. The molecule has 0 amide bonds. The molecule has 0 fully saturated rings. The molecule has 0 aliphatic carbocycles. The first kappa shape index (κ1) is 11.2. The summed E-state index contributed by atoms with van der Waals surface area (Å²) in [6, 6.07) is 0. The van der Waals surface area contributed by atoms with Gasteiger partial charge in [0.2, 0.25) is 5.96 Å². The van der Waals surface area contributed by atoms with Crippen molar-refractivity contribution in [2.24, 2.45) is 22.5 Å². The van der Waals surface area contributed by atoms with Gasteiger partial charge in [-0.3, -0.25) is 5.43 Å². The maximum absolute atomic E-state index is 9.33. The van der Waals surface area contributed by atoms with E-state index in [0.717, 1.165) is 6.42 Å². The highest BCUT2D eigenvalue weighted by Gasteiger charge is 2.05. The van der Waals surface area contributed by atoms with E-state index in [9.17, 15) is 5.11 Å². The van der Waals surface area contributed by atoms with Gasteiger partial charge in [0.1, 0.15) is 0 Å². The third-order valence-electron chi connectivity index (χ3n) is 1.36. The van der Waals surface area contributed by atoms with Crippen LogP contribution in [0.25, 0.3) is 0 Å². The van der Waals surface area contributed by atoms with E-state index in [1.807, 2.05) is 13.8 Å². The Labute approximate surface area is 72.8 Å². The first-order valence-corrected chi connectivity index (χ1v) is 4.00. The molecule has 0 aromatic carbocycles. The number of hydrazine groups is 1. The topological polar surface area (TPSA) is 96.7 Å². The van der Waals surface area contributed by atoms with Crippen LogP contribution in [0.15, 0.2) is 4.99 Å². The fourth-order valence-electron chi connectivity index (χ4n) is 0.868. The van der Waals surface area contributed by atoms with Gasteiger partial charge in [0.15, 0.2) is 0 Å². The van der Waals surface area contributed by atoms with Gasteiger partial charge in [-0.05, 0) is 12.3 Å². The van der Waals surface area contributed by atoms with Gasteiger partial charge in [0.05, 0.1) is 12.6 Å². The van der Waals surface area contributed by atoms with Gasteiger partial charge >= 0.3 is 0 Å². The Hall–Kier alpha value is -0.810. The van der Waals surface area contributed by atoms with Crippen LogP contribution in [0.4, 0.5) is 0 Å². The van der Waals surface area contributed by atoms with Gasteiger partial charge in [-0.15, -0.1) is 0 Å². The number of hydrogen-bond acceptors (Lipinski definition) is 3. The standard InChI is InChI=1S/C7H18N4O/c1-5(2)3-6(12)4-10-7(8)11-9/h5-6,12H,3-4,9H2,1-2H3,(H3,8,10,11). The molecule has 0 aliphatic rings. The first-order chi connectivity index (χ1) is 5.56. The summed E-state index contributed by atoms with van der Waals surface area (Å²) in [5, 5.41) is 9.33. The Morgan fingerprint density at radius 2 is 2.17 bits per heavy atom. The largest absolute Gasteiger partial charge is 0.391 e. The van der Waals surface area contributed by atoms with E-state index in [4.69, 9.17) is 11.6 Å². The highest BCUT2D eigenvalue weighted by atomic mass is 16.3. The summed E-state index contributed by atoms with van der Waals surface area (Å²) in [5.74, 6) is 5.58. The summed E-state index contributed by atoms with van der Waals surface area (Å²) in [6.45, 7) is 4.38. The minimum atomic E-state index is -0.433. The molecule has 0 aromatic rings. The SMILES string of the molecule is CC(C)CC(O)CN=C(N)NN. The van der Waals surface area contributed by atoms with Crippen LogP contribution in [0.3, 0.4) is 0 Å². The number of aliphatic imine (C=N–C) groups is 1. The first-order valence-electron chi connectivity index (χ1n) is 4.00. The summed E-state index contributed by atoms with van der Waals surface area (Å²) in [6.07, 6.45) is 0.290. The van der Waals surface area contributed by atoms with Crippen LogP contribution in [0.1, 0.15) is 20.3 Å². The van der Waals surface area contributed by atoms with E-state index in [2.05, 4.69) is 10.4 Å². The smallest absolute Gasteiger partial charge is 0.203 e. The Bertz CT molecular complexity index is 146. The zero-order valence-corrected chi connectivity index (χ0v) is 7.62. The van der Waals surface area contributed by atoms with Crippen molar-refractivity contribution < 1.29 is 5.11 Å². The number of aliphatic hydroxyl groups is 1. The number of hydrogen-bond donors (Lipinski definition) is 4. The summed E-state index contributed by atoms with van der Waals surface area (Å²) < 4.78 is 0. The molecule has 0 rings (SSSR count). The lowest BCUT2D eigenvalue weighted by Gasteiger charge is -2.10. The molecule has 1 atom stereocenters. The van der Waals surface area contributed by atoms with Crippen molar-refractivity contribution in [1.82, 2.24) is 5.43 Å². The summed E-state index contributed by atoms with van der Waals surface area (Å²) in [5.41, 5.74) is 7.45. The van der Waals surface area contributed by atoms with Gasteiger partial charge < -0.3 is 10.8 Å². The second kappa shape index (κ2) is 5.79. The zero-order chi connectivity index (χ0) is 9.56. The van der Waals surface area contributed by atoms with Crippen molar-refractivity contribution in [3.63, 3.8) is 0 Å². The zero-order valence-electron chi connectivity index (χ0n) is 7.62. The molecule has 72 valence electrons. The number of guanidine groups is 1. The van der Waals surface area contributed by atoms with E-state index in [1.165, 1.54) is 0 Å². The van der Waals surface area contributed by atoms with Gasteiger partial charge in [-0.25, -0.2) is 10.8 Å². The molecule has 0 saturated carbocycles. The fraction of sp³-hybridized carbons (Fsp3) is 0.857. The molecule has 12 heavy (non-hydrogen) atoms. The maximum atomic E-state index is 9.33. The van der Waals surface area contributed by atoms with Crippen LogP contribution in [-0.2, 0) is 0 Å². The average molecular weight is 174 g/mol. The second-order valence-corrected chi connectivity index (χ2v) is 3.15. The molecule has 0 saturated heterocycles. The molecule has 5 nitrogen and oxygen atoms in total. The monoisotopic (exact) mass is 174 g/mol. The minimum Gasteiger partial charge on any atom is -0.391 e.